The van der Waals surface area contributed by atoms with Crippen molar-refractivity contribution in [2.45, 2.75) is 0 Å². The van der Waals surface area contributed by atoms with E-state index in [0.717, 1.165) is 0 Å². The van der Waals surface area contributed by atoms with E-state index in [1.807, 2.05) is 0 Å². The van der Waals surface area contributed by atoms with Crippen molar-refractivity contribution in [2.24, 2.45) is 0 Å². The molecule has 116 valence electrons. The third-order valence-electron chi connectivity index (χ3n) is 3.18. The smallest absolute Gasteiger partial charge is 0.230 e. The van der Waals surface area contributed by atoms with Gasteiger partial charge in [-0.3, -0.25) is 4.79 Å². The van der Waals surface area contributed by atoms with Crippen molar-refractivity contribution in [1.82, 2.24) is 0 Å². The lowest BCUT2D eigenvalue weighted by Crippen LogP contribution is -2.07. The van der Waals surface area contributed by atoms with E-state index in [9.17, 15) is 9.36 Å². The average Bonchev–Trinajstić information content (AvgIpc) is 2.59. The Morgan fingerprint density at radius 1 is 0.909 bits per heavy atom. The Morgan fingerprint density at radius 2 is 1.45 bits per heavy atom. The molecule has 0 fully saturated rings. The molecule has 0 amide bonds. The summed E-state index contributed by atoms with van der Waals surface area (Å²) in [6, 6.07) is 11.8. The molecule has 0 aliphatic carbocycles. The summed E-state index contributed by atoms with van der Waals surface area (Å²) < 4.78 is 28.1. The molecule has 1 atom stereocenters. The van der Waals surface area contributed by atoms with Crippen LogP contribution in [0.15, 0.2) is 42.5 Å². The van der Waals surface area contributed by atoms with Crippen molar-refractivity contribution >= 4 is 18.6 Å². The Labute approximate surface area is 129 Å². The molecule has 2 aromatic rings. The highest BCUT2D eigenvalue weighted by atomic mass is 31.1. The lowest BCUT2D eigenvalue weighted by Gasteiger charge is -2.14. The molecule has 0 saturated heterocycles. The molecule has 0 aliphatic heterocycles. The summed E-state index contributed by atoms with van der Waals surface area (Å²) in [5.74, 6) is 1.04. The number of rotatable bonds is 6. The normalized spacial score (nSPS) is 11.6. The van der Waals surface area contributed by atoms with Gasteiger partial charge in [-0.2, -0.15) is 0 Å². The van der Waals surface area contributed by atoms with Gasteiger partial charge in [-0.15, -0.1) is 0 Å². The predicted octanol–water partition coefficient (Wildman–Crippen LogP) is 2.74. The molecule has 5 nitrogen and oxygen atoms in total. The van der Waals surface area contributed by atoms with Gasteiger partial charge in [-0.25, -0.2) is 0 Å². The molecule has 0 spiro atoms. The van der Waals surface area contributed by atoms with Crippen LogP contribution in [-0.2, 0) is 4.57 Å². The Kier molecular flexibility index (Phi) is 5.23. The molecule has 0 aliphatic rings. The van der Waals surface area contributed by atoms with Crippen LogP contribution in [0.4, 0.5) is 0 Å². The Balaban J connectivity index is 2.51. The minimum Gasteiger partial charge on any atom is -0.496 e. The van der Waals surface area contributed by atoms with Gasteiger partial charge in [0.2, 0.25) is 5.52 Å². The van der Waals surface area contributed by atoms with E-state index < -0.39 is 13.3 Å². The summed E-state index contributed by atoms with van der Waals surface area (Å²) in [7, 11) is 1.70. The summed E-state index contributed by atoms with van der Waals surface area (Å²) in [5.41, 5.74) is -0.342. The van der Waals surface area contributed by atoms with Gasteiger partial charge in [0.25, 0.3) is 0 Å². The Bertz CT molecular complexity index is 672. The molecular weight excluding hydrogens is 303 g/mol. The van der Waals surface area contributed by atoms with E-state index in [2.05, 4.69) is 0 Å². The van der Waals surface area contributed by atoms with E-state index in [1.54, 1.807) is 42.5 Å². The summed E-state index contributed by atoms with van der Waals surface area (Å²) in [6.07, 6.45) is 0. The second kappa shape index (κ2) is 7.14. The van der Waals surface area contributed by atoms with Crippen LogP contribution in [-0.4, -0.2) is 26.9 Å². The Hall–Kier alpha value is -2.26. The van der Waals surface area contributed by atoms with Gasteiger partial charge < -0.3 is 18.8 Å². The molecule has 2 aromatic carbocycles. The van der Waals surface area contributed by atoms with Gasteiger partial charge >= 0.3 is 0 Å². The first-order valence-corrected chi connectivity index (χ1v) is 7.97. The van der Waals surface area contributed by atoms with E-state index in [-0.39, 0.29) is 17.1 Å². The van der Waals surface area contributed by atoms with E-state index in [4.69, 9.17) is 14.2 Å². The van der Waals surface area contributed by atoms with Crippen molar-refractivity contribution < 1.29 is 23.6 Å². The van der Waals surface area contributed by atoms with Crippen LogP contribution in [0, 0.1) is 0 Å². The first-order chi connectivity index (χ1) is 10.6. The second-order valence-corrected chi connectivity index (χ2v) is 6.12. The number of hydrogen-bond acceptors (Lipinski definition) is 5. The van der Waals surface area contributed by atoms with Gasteiger partial charge in [-0.1, -0.05) is 30.3 Å². The van der Waals surface area contributed by atoms with E-state index in [1.165, 1.54) is 21.3 Å². The van der Waals surface area contributed by atoms with Crippen LogP contribution < -0.4 is 19.5 Å². The SMILES string of the molecule is COc1cc(OC)c(C(=O)[PH](=O)c2ccccc2)c(OC)c1. The van der Waals surface area contributed by atoms with Crippen molar-refractivity contribution in [3.8, 4) is 17.2 Å². The zero-order valence-electron chi connectivity index (χ0n) is 12.6. The highest BCUT2D eigenvalue weighted by Crippen LogP contribution is 2.39. The van der Waals surface area contributed by atoms with Crippen LogP contribution in [0.2, 0.25) is 0 Å². The molecule has 22 heavy (non-hydrogen) atoms. The largest absolute Gasteiger partial charge is 0.496 e. The van der Waals surface area contributed by atoms with Crippen LogP contribution in [0.1, 0.15) is 10.4 Å². The van der Waals surface area contributed by atoms with E-state index >= 15 is 0 Å². The van der Waals surface area contributed by atoms with Gasteiger partial charge in [-0.05, 0) is 0 Å². The number of methoxy groups -OCH3 is 3. The molecular formula is C16H17O5P. The van der Waals surface area contributed by atoms with Crippen LogP contribution >= 0.6 is 7.80 Å². The molecule has 1 unspecified atom stereocenters. The third kappa shape index (κ3) is 3.15. The quantitative estimate of drug-likeness (QED) is 0.766. The minimum atomic E-state index is -2.67. The number of carbonyl (C=O) groups is 1. The zero-order valence-corrected chi connectivity index (χ0v) is 13.6. The number of benzene rings is 2. The summed E-state index contributed by atoms with van der Waals surface area (Å²) in [4.78, 5) is 12.6. The van der Waals surface area contributed by atoms with Crippen molar-refractivity contribution in [3.63, 3.8) is 0 Å². The standard InChI is InChI=1S/C16H17O5P/c1-19-11-9-13(20-2)15(14(10-11)21-3)16(17)22(18)12-7-5-4-6-8-12/h4-10,22H,1-3H3. The highest BCUT2D eigenvalue weighted by Gasteiger charge is 2.25. The lowest BCUT2D eigenvalue weighted by molar-refractivity contribution is 0.107. The van der Waals surface area contributed by atoms with Crippen molar-refractivity contribution in [2.75, 3.05) is 21.3 Å². The van der Waals surface area contributed by atoms with Crippen molar-refractivity contribution in [3.05, 3.63) is 48.0 Å². The average molecular weight is 320 g/mol. The topological polar surface area (TPSA) is 61.8 Å². The number of ether oxygens (including phenoxy) is 3. The predicted molar refractivity (Wildman–Crippen MR) is 85.5 cm³/mol. The van der Waals surface area contributed by atoms with E-state index in [0.29, 0.717) is 11.1 Å². The maximum absolute atomic E-state index is 12.6. The molecule has 0 bridgehead atoms. The third-order valence-corrected chi connectivity index (χ3v) is 4.70. The van der Waals surface area contributed by atoms with Gasteiger partial charge in [0.1, 0.15) is 22.8 Å². The van der Waals surface area contributed by atoms with Crippen LogP contribution in [0.5, 0.6) is 17.2 Å². The maximum Gasteiger partial charge on any atom is 0.230 e. The fourth-order valence-corrected chi connectivity index (χ4v) is 3.29. The highest BCUT2D eigenvalue weighted by molar-refractivity contribution is 7.71. The fourth-order valence-electron chi connectivity index (χ4n) is 2.06. The second-order valence-electron chi connectivity index (χ2n) is 4.43. The monoisotopic (exact) mass is 320 g/mol. The first-order valence-electron chi connectivity index (χ1n) is 6.56. The molecule has 0 aromatic heterocycles. The molecule has 6 heteroatoms. The molecule has 0 N–H and O–H groups in total. The fraction of sp³-hybridized carbons (Fsp3) is 0.188. The summed E-state index contributed by atoms with van der Waals surface area (Å²) in [6.45, 7) is 0. The Morgan fingerprint density at radius 3 is 1.91 bits per heavy atom. The maximum atomic E-state index is 12.6. The zero-order chi connectivity index (χ0) is 16.1. The van der Waals surface area contributed by atoms with Gasteiger partial charge in [0.15, 0.2) is 7.80 Å². The van der Waals surface area contributed by atoms with Crippen LogP contribution in [0.3, 0.4) is 0 Å². The molecule has 0 heterocycles. The van der Waals surface area contributed by atoms with Crippen molar-refractivity contribution in [1.29, 1.82) is 0 Å². The number of carbonyl (C=O) groups excluding carboxylic acids is 1. The lowest BCUT2D eigenvalue weighted by atomic mass is 10.2. The summed E-state index contributed by atoms with van der Waals surface area (Å²) >= 11 is 0. The van der Waals surface area contributed by atoms with Crippen LogP contribution in [0.25, 0.3) is 0 Å². The molecule has 2 rings (SSSR count). The van der Waals surface area contributed by atoms with Gasteiger partial charge in [0.05, 0.1) is 21.3 Å². The van der Waals surface area contributed by atoms with Gasteiger partial charge in [0, 0.05) is 17.4 Å². The minimum absolute atomic E-state index is 0.165. The molecule has 0 saturated carbocycles. The number of hydrogen-bond donors (Lipinski definition) is 0. The summed E-state index contributed by atoms with van der Waals surface area (Å²) in [5, 5.41) is 0.498. The first kappa shape index (κ1) is 16.1. The molecule has 0 radical (unpaired) electrons.